The van der Waals surface area contributed by atoms with Crippen LogP contribution in [0.4, 0.5) is 19.0 Å². The highest BCUT2D eigenvalue weighted by Gasteiger charge is 2.32. The van der Waals surface area contributed by atoms with Gasteiger partial charge in [0.1, 0.15) is 11.6 Å². The molecule has 1 aromatic heterocycles. The zero-order valence-electron chi connectivity index (χ0n) is 16.0. The van der Waals surface area contributed by atoms with E-state index in [0.29, 0.717) is 31.0 Å². The van der Waals surface area contributed by atoms with Crippen molar-refractivity contribution in [1.29, 1.82) is 0 Å². The van der Waals surface area contributed by atoms with Crippen molar-refractivity contribution in [2.45, 2.75) is 38.9 Å². The molecule has 1 unspecified atom stereocenters. The SMILES string of the molecule is Cc1cc(-c2c(C)cc(C(F)(F)F)cc2O)nc(N)c1C=NC1CCC(=O)NC1. The monoisotopic (exact) mass is 406 g/mol. The number of rotatable bonds is 3. The van der Waals surface area contributed by atoms with E-state index in [1.165, 1.54) is 6.92 Å². The van der Waals surface area contributed by atoms with E-state index < -0.39 is 17.5 Å². The first-order valence-corrected chi connectivity index (χ1v) is 9.04. The Bertz CT molecular complexity index is 930. The van der Waals surface area contributed by atoms with Crippen LogP contribution in [0.1, 0.15) is 35.1 Å². The van der Waals surface area contributed by atoms with Crippen LogP contribution in [0.25, 0.3) is 11.3 Å². The third-order valence-electron chi connectivity index (χ3n) is 4.85. The highest BCUT2D eigenvalue weighted by molar-refractivity contribution is 5.89. The van der Waals surface area contributed by atoms with E-state index in [0.717, 1.165) is 11.6 Å². The van der Waals surface area contributed by atoms with Crippen LogP contribution in [0.2, 0.25) is 0 Å². The smallest absolute Gasteiger partial charge is 0.416 e. The average molecular weight is 406 g/mol. The molecule has 29 heavy (non-hydrogen) atoms. The molecule has 0 saturated carbocycles. The van der Waals surface area contributed by atoms with Crippen LogP contribution in [-0.2, 0) is 11.0 Å². The number of anilines is 1. The number of aromatic hydroxyl groups is 1. The predicted molar refractivity (Wildman–Crippen MR) is 104 cm³/mol. The van der Waals surface area contributed by atoms with Crippen molar-refractivity contribution in [3.8, 4) is 17.0 Å². The van der Waals surface area contributed by atoms with Gasteiger partial charge in [0, 0.05) is 30.3 Å². The summed E-state index contributed by atoms with van der Waals surface area (Å²) in [7, 11) is 0. The van der Waals surface area contributed by atoms with E-state index in [2.05, 4.69) is 15.3 Å². The minimum absolute atomic E-state index is 0.00452. The number of carbonyl (C=O) groups is 1. The number of hydrogen-bond donors (Lipinski definition) is 3. The number of nitrogens with one attached hydrogen (secondary N) is 1. The summed E-state index contributed by atoms with van der Waals surface area (Å²) in [6.07, 6.45) is -1.89. The van der Waals surface area contributed by atoms with Crippen LogP contribution >= 0.6 is 0 Å². The fourth-order valence-corrected chi connectivity index (χ4v) is 3.30. The molecule has 3 rings (SSSR count). The summed E-state index contributed by atoms with van der Waals surface area (Å²) in [6, 6.07) is 3.25. The Morgan fingerprint density at radius 1 is 1.28 bits per heavy atom. The van der Waals surface area contributed by atoms with E-state index in [1.807, 2.05) is 0 Å². The number of amides is 1. The summed E-state index contributed by atoms with van der Waals surface area (Å²) < 4.78 is 38.8. The Balaban J connectivity index is 1.93. The van der Waals surface area contributed by atoms with Gasteiger partial charge in [-0.15, -0.1) is 0 Å². The van der Waals surface area contributed by atoms with Gasteiger partial charge in [-0.05, 0) is 49.6 Å². The minimum atomic E-state index is -4.55. The lowest BCUT2D eigenvalue weighted by Gasteiger charge is -2.19. The zero-order valence-corrected chi connectivity index (χ0v) is 16.0. The molecule has 1 fully saturated rings. The van der Waals surface area contributed by atoms with Gasteiger partial charge in [0.2, 0.25) is 5.91 Å². The van der Waals surface area contributed by atoms with Gasteiger partial charge in [-0.3, -0.25) is 9.79 Å². The number of phenolic OH excluding ortho intramolecular Hbond substituents is 1. The lowest BCUT2D eigenvalue weighted by molar-refractivity contribution is -0.137. The molecule has 1 atom stereocenters. The molecule has 1 aliphatic rings. The third kappa shape index (κ3) is 4.49. The number of phenols is 1. The number of pyridine rings is 1. The molecule has 0 spiro atoms. The second-order valence-corrected chi connectivity index (χ2v) is 7.08. The Morgan fingerprint density at radius 3 is 2.55 bits per heavy atom. The van der Waals surface area contributed by atoms with Crippen LogP contribution < -0.4 is 11.1 Å². The average Bonchev–Trinajstić information content (AvgIpc) is 2.61. The van der Waals surface area contributed by atoms with Crippen molar-refractivity contribution in [3.05, 3.63) is 40.5 Å². The fraction of sp³-hybridized carbons (Fsp3) is 0.350. The van der Waals surface area contributed by atoms with Gasteiger partial charge in [0.05, 0.1) is 17.3 Å². The maximum atomic E-state index is 12.9. The summed E-state index contributed by atoms with van der Waals surface area (Å²) >= 11 is 0. The Morgan fingerprint density at radius 2 is 2.00 bits per heavy atom. The lowest BCUT2D eigenvalue weighted by atomic mass is 9.98. The van der Waals surface area contributed by atoms with Crippen molar-refractivity contribution in [3.63, 3.8) is 0 Å². The molecule has 1 amide bonds. The summed E-state index contributed by atoms with van der Waals surface area (Å²) in [5.41, 5.74) is 7.17. The number of aromatic nitrogens is 1. The molecular weight excluding hydrogens is 385 g/mol. The molecule has 0 bridgehead atoms. The number of aliphatic imine (C=N–C) groups is 1. The third-order valence-corrected chi connectivity index (χ3v) is 4.85. The quantitative estimate of drug-likeness (QED) is 0.681. The van der Waals surface area contributed by atoms with Crippen LogP contribution in [0.5, 0.6) is 5.75 Å². The molecule has 1 saturated heterocycles. The van der Waals surface area contributed by atoms with Crippen LogP contribution in [0.3, 0.4) is 0 Å². The molecule has 6 nitrogen and oxygen atoms in total. The van der Waals surface area contributed by atoms with Gasteiger partial charge in [-0.25, -0.2) is 4.98 Å². The van der Waals surface area contributed by atoms with Gasteiger partial charge in [-0.1, -0.05) is 0 Å². The summed E-state index contributed by atoms with van der Waals surface area (Å²) in [6.45, 7) is 3.71. The Labute approximate surface area is 165 Å². The Hall–Kier alpha value is -3.10. The normalized spacial score (nSPS) is 17.6. The first-order chi connectivity index (χ1) is 13.6. The predicted octanol–water partition coefficient (Wildman–Crippen LogP) is 3.37. The first-order valence-electron chi connectivity index (χ1n) is 9.04. The van der Waals surface area contributed by atoms with E-state index in [1.54, 1.807) is 19.2 Å². The number of nitrogens with two attached hydrogens (primary N) is 1. The van der Waals surface area contributed by atoms with Gasteiger partial charge < -0.3 is 16.2 Å². The molecule has 9 heteroatoms. The summed E-state index contributed by atoms with van der Waals surface area (Å²) in [5, 5.41) is 12.9. The second kappa shape index (κ2) is 7.73. The number of nitrogen functional groups attached to an aromatic ring is 1. The van der Waals surface area contributed by atoms with Gasteiger partial charge in [0.15, 0.2) is 0 Å². The number of benzene rings is 1. The fourth-order valence-electron chi connectivity index (χ4n) is 3.30. The topological polar surface area (TPSA) is 101 Å². The standard InChI is InChI=1S/C20H21F3N4O2/c1-10-6-15(18-11(2)5-12(7-16(18)28)20(21,22)23)27-19(24)14(10)9-25-13-3-4-17(29)26-8-13/h5-7,9,13,28H,3-4,8H2,1-2H3,(H2,24,27)(H,26,29). The van der Waals surface area contributed by atoms with Crippen LogP contribution in [0.15, 0.2) is 23.2 Å². The van der Waals surface area contributed by atoms with E-state index >= 15 is 0 Å². The van der Waals surface area contributed by atoms with Crippen LogP contribution in [0, 0.1) is 13.8 Å². The molecule has 154 valence electrons. The van der Waals surface area contributed by atoms with Crippen molar-refractivity contribution < 1.29 is 23.1 Å². The summed E-state index contributed by atoms with van der Waals surface area (Å²) in [4.78, 5) is 19.9. The van der Waals surface area contributed by atoms with Crippen LogP contribution in [-0.4, -0.2) is 34.8 Å². The number of nitrogens with zero attached hydrogens (tertiary/aromatic N) is 2. The second-order valence-electron chi connectivity index (χ2n) is 7.08. The number of alkyl halides is 3. The maximum absolute atomic E-state index is 12.9. The van der Waals surface area contributed by atoms with E-state index in [9.17, 15) is 23.1 Å². The largest absolute Gasteiger partial charge is 0.507 e. The molecule has 1 aromatic carbocycles. The van der Waals surface area contributed by atoms with Gasteiger partial charge in [-0.2, -0.15) is 13.2 Å². The van der Waals surface area contributed by atoms with Gasteiger partial charge in [0.25, 0.3) is 0 Å². The Kier molecular flexibility index (Phi) is 5.50. The molecule has 2 heterocycles. The molecule has 4 N–H and O–H groups in total. The lowest BCUT2D eigenvalue weighted by Crippen LogP contribution is -2.37. The summed E-state index contributed by atoms with van der Waals surface area (Å²) in [5.74, 6) is -0.352. The maximum Gasteiger partial charge on any atom is 0.416 e. The molecule has 1 aliphatic heterocycles. The number of halogens is 3. The molecule has 2 aromatic rings. The van der Waals surface area contributed by atoms with Crippen molar-refractivity contribution in [1.82, 2.24) is 10.3 Å². The number of aryl methyl sites for hydroxylation is 2. The van der Waals surface area contributed by atoms with Gasteiger partial charge >= 0.3 is 6.18 Å². The number of piperidine rings is 1. The number of carbonyl (C=O) groups excluding carboxylic acids is 1. The minimum Gasteiger partial charge on any atom is -0.507 e. The highest BCUT2D eigenvalue weighted by atomic mass is 19.4. The van der Waals surface area contributed by atoms with Crippen molar-refractivity contribution in [2.75, 3.05) is 12.3 Å². The number of hydrogen-bond acceptors (Lipinski definition) is 5. The van der Waals surface area contributed by atoms with Crippen molar-refractivity contribution >= 4 is 17.9 Å². The molecule has 0 aliphatic carbocycles. The van der Waals surface area contributed by atoms with E-state index in [-0.39, 0.29) is 34.6 Å². The molecule has 0 radical (unpaired) electrons. The molecular formula is C20H21F3N4O2. The first kappa shape index (κ1) is 20.6. The van der Waals surface area contributed by atoms with E-state index in [4.69, 9.17) is 5.73 Å². The van der Waals surface area contributed by atoms with Crippen molar-refractivity contribution in [2.24, 2.45) is 4.99 Å². The highest BCUT2D eigenvalue weighted by Crippen LogP contribution is 2.39. The zero-order chi connectivity index (χ0) is 21.3.